The molecule has 0 saturated carbocycles. The summed E-state index contributed by atoms with van der Waals surface area (Å²) in [6.07, 6.45) is 0.269. The lowest BCUT2D eigenvalue weighted by atomic mass is 10.2. The molecular formula is C10H8BrClN2O3. The average molecular weight is 320 g/mol. The minimum atomic E-state index is -0.494. The largest absolute Gasteiger partial charge is 0.311 e. The Bertz CT molecular complexity index is 494. The number of amides is 1. The molecule has 7 heteroatoms. The van der Waals surface area contributed by atoms with Crippen molar-refractivity contribution < 1.29 is 9.72 Å². The van der Waals surface area contributed by atoms with E-state index in [2.05, 4.69) is 15.9 Å². The van der Waals surface area contributed by atoms with E-state index in [4.69, 9.17) is 11.6 Å². The van der Waals surface area contributed by atoms with E-state index in [1.807, 2.05) is 0 Å². The fourth-order valence-electron chi connectivity index (χ4n) is 1.72. The van der Waals surface area contributed by atoms with Crippen LogP contribution < -0.4 is 4.90 Å². The van der Waals surface area contributed by atoms with Gasteiger partial charge in [-0.3, -0.25) is 14.9 Å². The number of alkyl halides is 1. The van der Waals surface area contributed by atoms with Crippen molar-refractivity contribution in [1.82, 2.24) is 0 Å². The van der Waals surface area contributed by atoms with Crippen molar-refractivity contribution in [2.24, 2.45) is 0 Å². The first-order valence-electron chi connectivity index (χ1n) is 4.87. The number of benzene rings is 1. The quantitative estimate of drug-likeness (QED) is 0.478. The number of hydrogen-bond donors (Lipinski definition) is 0. The zero-order valence-electron chi connectivity index (χ0n) is 8.60. The molecule has 0 aromatic heterocycles. The second-order valence-corrected chi connectivity index (χ2v) is 5.17. The van der Waals surface area contributed by atoms with Crippen LogP contribution in [0.4, 0.5) is 11.4 Å². The van der Waals surface area contributed by atoms with Gasteiger partial charge in [-0.05, 0) is 28.1 Å². The Morgan fingerprint density at radius 2 is 2.24 bits per heavy atom. The van der Waals surface area contributed by atoms with Crippen LogP contribution in [-0.4, -0.2) is 22.8 Å². The Balaban J connectivity index is 2.37. The molecule has 1 atom stereocenters. The summed E-state index contributed by atoms with van der Waals surface area (Å²) in [5, 5.41) is 10.5. The van der Waals surface area contributed by atoms with E-state index >= 15 is 0 Å². The molecule has 1 heterocycles. The number of rotatable bonds is 2. The molecule has 0 bridgehead atoms. The van der Waals surface area contributed by atoms with Gasteiger partial charge in [0.25, 0.3) is 5.69 Å². The van der Waals surface area contributed by atoms with Gasteiger partial charge in [0.1, 0.15) is 0 Å². The molecule has 1 aliphatic heterocycles. The van der Waals surface area contributed by atoms with Crippen LogP contribution in [0.25, 0.3) is 0 Å². The van der Waals surface area contributed by atoms with E-state index in [0.29, 0.717) is 16.7 Å². The molecule has 90 valence electrons. The highest BCUT2D eigenvalue weighted by Gasteiger charge is 2.30. The van der Waals surface area contributed by atoms with Crippen LogP contribution in [0.1, 0.15) is 6.42 Å². The Morgan fingerprint density at radius 1 is 1.53 bits per heavy atom. The molecule has 1 aliphatic rings. The van der Waals surface area contributed by atoms with E-state index in [9.17, 15) is 14.9 Å². The van der Waals surface area contributed by atoms with Crippen LogP contribution in [0.5, 0.6) is 0 Å². The maximum atomic E-state index is 11.6. The smallest absolute Gasteiger partial charge is 0.285 e. The fraction of sp³-hybridized carbons (Fsp3) is 0.300. The summed E-state index contributed by atoms with van der Waals surface area (Å²) in [7, 11) is 0. The number of nitrogens with zero attached hydrogens (tertiary/aromatic N) is 2. The van der Waals surface area contributed by atoms with Crippen LogP contribution >= 0.6 is 27.5 Å². The molecule has 1 saturated heterocycles. The Morgan fingerprint density at radius 3 is 2.76 bits per heavy atom. The van der Waals surface area contributed by atoms with Gasteiger partial charge in [-0.2, -0.15) is 0 Å². The summed E-state index contributed by atoms with van der Waals surface area (Å²) in [6, 6.07) is 4.59. The van der Waals surface area contributed by atoms with Gasteiger partial charge >= 0.3 is 0 Å². The van der Waals surface area contributed by atoms with E-state index in [0.717, 1.165) is 0 Å². The minimum absolute atomic E-state index is 0.0617. The Hall–Kier alpha value is -1.14. The number of nitro groups is 1. The highest BCUT2D eigenvalue weighted by Crippen LogP contribution is 2.32. The molecule has 1 unspecified atom stereocenters. The lowest BCUT2D eigenvalue weighted by Crippen LogP contribution is -2.24. The zero-order chi connectivity index (χ0) is 12.6. The van der Waals surface area contributed by atoms with Gasteiger partial charge in [0.05, 0.1) is 20.5 Å². The minimum Gasteiger partial charge on any atom is -0.311 e. The van der Waals surface area contributed by atoms with Crippen molar-refractivity contribution in [2.45, 2.75) is 11.8 Å². The highest BCUT2D eigenvalue weighted by molar-refractivity contribution is 9.10. The van der Waals surface area contributed by atoms with Gasteiger partial charge in [0.15, 0.2) is 0 Å². The van der Waals surface area contributed by atoms with Crippen molar-refractivity contribution >= 4 is 44.8 Å². The lowest BCUT2D eigenvalue weighted by molar-refractivity contribution is -0.385. The topological polar surface area (TPSA) is 63.5 Å². The molecule has 5 nitrogen and oxygen atoms in total. The standard InChI is InChI=1S/C10H8BrClN2O3/c11-8-2-1-7(4-9(8)14(16)17)13-5-6(12)3-10(13)15/h1-2,4,6H,3,5H2. The fourth-order valence-corrected chi connectivity index (χ4v) is 2.38. The van der Waals surface area contributed by atoms with Gasteiger partial charge in [-0.25, -0.2) is 0 Å². The Labute approximate surface area is 111 Å². The SMILES string of the molecule is O=C1CC(Cl)CN1c1ccc(Br)c([N+](=O)[O-])c1. The maximum Gasteiger partial charge on any atom is 0.285 e. The predicted molar refractivity (Wildman–Crippen MR) is 67.4 cm³/mol. The first-order valence-corrected chi connectivity index (χ1v) is 6.10. The summed E-state index contributed by atoms with van der Waals surface area (Å²) in [6.45, 7) is 0.388. The van der Waals surface area contributed by atoms with Crippen LogP contribution in [0.15, 0.2) is 22.7 Å². The van der Waals surface area contributed by atoms with Crippen LogP contribution in [-0.2, 0) is 4.79 Å². The number of anilines is 1. The normalized spacial score (nSPS) is 19.8. The van der Waals surface area contributed by atoms with Crippen molar-refractivity contribution in [3.63, 3.8) is 0 Å². The summed E-state index contributed by atoms with van der Waals surface area (Å²) >= 11 is 8.98. The summed E-state index contributed by atoms with van der Waals surface area (Å²) in [5.41, 5.74) is 0.446. The van der Waals surface area contributed by atoms with Crippen molar-refractivity contribution in [3.05, 3.63) is 32.8 Å². The van der Waals surface area contributed by atoms with Crippen molar-refractivity contribution in [2.75, 3.05) is 11.4 Å². The Kier molecular flexibility index (Phi) is 3.35. The van der Waals surface area contributed by atoms with Gasteiger partial charge < -0.3 is 4.90 Å². The molecule has 0 spiro atoms. The van der Waals surface area contributed by atoms with Gasteiger partial charge in [-0.15, -0.1) is 11.6 Å². The van der Waals surface area contributed by atoms with E-state index in [-0.39, 0.29) is 23.4 Å². The molecular weight excluding hydrogens is 311 g/mol. The van der Waals surface area contributed by atoms with Crippen molar-refractivity contribution in [3.8, 4) is 0 Å². The molecule has 0 aliphatic carbocycles. The molecule has 1 aromatic carbocycles. The number of hydrogen-bond acceptors (Lipinski definition) is 3. The first kappa shape index (κ1) is 12.3. The second-order valence-electron chi connectivity index (χ2n) is 3.70. The number of halogens is 2. The molecule has 1 fully saturated rings. The highest BCUT2D eigenvalue weighted by atomic mass is 79.9. The van der Waals surface area contributed by atoms with Crippen LogP contribution in [0.2, 0.25) is 0 Å². The lowest BCUT2D eigenvalue weighted by Gasteiger charge is -2.15. The maximum absolute atomic E-state index is 11.6. The zero-order valence-corrected chi connectivity index (χ0v) is 10.9. The summed E-state index contributed by atoms with van der Waals surface area (Å²) in [5.74, 6) is -0.110. The van der Waals surface area contributed by atoms with Crippen LogP contribution in [0, 0.1) is 10.1 Å². The third kappa shape index (κ3) is 2.42. The number of carbonyl (C=O) groups excluding carboxylic acids is 1. The molecule has 0 radical (unpaired) electrons. The summed E-state index contributed by atoms with van der Waals surface area (Å²) in [4.78, 5) is 23.4. The molecule has 1 amide bonds. The molecule has 2 rings (SSSR count). The second kappa shape index (κ2) is 4.62. The summed E-state index contributed by atoms with van der Waals surface area (Å²) < 4.78 is 0.389. The third-order valence-electron chi connectivity index (χ3n) is 2.52. The van der Waals surface area contributed by atoms with Gasteiger partial charge in [0, 0.05) is 19.0 Å². The first-order chi connectivity index (χ1) is 7.99. The number of carbonyl (C=O) groups is 1. The predicted octanol–water partition coefficient (Wildman–Crippen LogP) is 2.70. The van der Waals surface area contributed by atoms with E-state index in [1.165, 1.54) is 11.0 Å². The monoisotopic (exact) mass is 318 g/mol. The van der Waals surface area contributed by atoms with E-state index < -0.39 is 4.92 Å². The molecule has 1 aromatic rings. The molecule has 17 heavy (non-hydrogen) atoms. The number of nitro benzene ring substituents is 1. The van der Waals surface area contributed by atoms with Gasteiger partial charge in [0.2, 0.25) is 5.91 Å². The third-order valence-corrected chi connectivity index (χ3v) is 3.48. The van der Waals surface area contributed by atoms with Gasteiger partial charge in [-0.1, -0.05) is 0 Å². The van der Waals surface area contributed by atoms with E-state index in [1.54, 1.807) is 12.1 Å². The average Bonchev–Trinajstić information content (AvgIpc) is 2.58. The molecule has 0 N–H and O–H groups in total. The van der Waals surface area contributed by atoms with Crippen LogP contribution in [0.3, 0.4) is 0 Å². The van der Waals surface area contributed by atoms with Crippen molar-refractivity contribution in [1.29, 1.82) is 0 Å².